The first-order valence-corrected chi connectivity index (χ1v) is 10.2. The summed E-state index contributed by atoms with van der Waals surface area (Å²) >= 11 is 0. The second-order valence-corrected chi connectivity index (χ2v) is 7.87. The molecule has 2 aromatic carbocycles. The molecular formula is C23H29N3O2. The number of amides is 2. The lowest BCUT2D eigenvalue weighted by Gasteiger charge is -2.37. The lowest BCUT2D eigenvalue weighted by molar-refractivity contribution is 0.183. The van der Waals surface area contributed by atoms with E-state index in [0.717, 1.165) is 38.3 Å². The molecule has 148 valence electrons. The van der Waals surface area contributed by atoms with Gasteiger partial charge in [-0.2, -0.15) is 0 Å². The molecule has 1 atom stereocenters. The zero-order valence-corrected chi connectivity index (χ0v) is 16.8. The van der Waals surface area contributed by atoms with Gasteiger partial charge in [0.05, 0.1) is 6.61 Å². The van der Waals surface area contributed by atoms with Crippen LogP contribution in [0.2, 0.25) is 0 Å². The van der Waals surface area contributed by atoms with Gasteiger partial charge in [-0.05, 0) is 49.1 Å². The maximum atomic E-state index is 12.6. The molecule has 1 unspecified atom stereocenters. The van der Waals surface area contributed by atoms with Crippen LogP contribution >= 0.6 is 0 Å². The quantitative estimate of drug-likeness (QED) is 0.889. The summed E-state index contributed by atoms with van der Waals surface area (Å²) in [4.78, 5) is 16.9. The number of aryl methyl sites for hydroxylation is 1. The van der Waals surface area contributed by atoms with Crippen LogP contribution < -0.4 is 15.0 Å². The van der Waals surface area contributed by atoms with Gasteiger partial charge in [0.15, 0.2) is 0 Å². The van der Waals surface area contributed by atoms with Crippen LogP contribution in [-0.4, -0.2) is 50.3 Å². The summed E-state index contributed by atoms with van der Waals surface area (Å²) < 4.78 is 5.83. The lowest BCUT2D eigenvalue weighted by atomic mass is 9.97. The van der Waals surface area contributed by atoms with Crippen LogP contribution in [0.3, 0.4) is 0 Å². The normalized spacial score (nSPS) is 19.0. The molecule has 0 radical (unpaired) electrons. The fourth-order valence-corrected chi connectivity index (χ4v) is 4.09. The van der Waals surface area contributed by atoms with Crippen molar-refractivity contribution >= 4 is 11.7 Å². The zero-order valence-electron chi connectivity index (χ0n) is 16.8. The SMILES string of the molecule is Cc1cccc(N2CCN(C(=O)NCC3COc4ccccc4C3)CC2)c1C. The van der Waals surface area contributed by atoms with Gasteiger partial charge >= 0.3 is 6.03 Å². The van der Waals surface area contributed by atoms with E-state index in [1.165, 1.54) is 22.4 Å². The van der Waals surface area contributed by atoms with Gasteiger partial charge in [0, 0.05) is 44.3 Å². The van der Waals surface area contributed by atoms with E-state index < -0.39 is 0 Å². The summed E-state index contributed by atoms with van der Waals surface area (Å²) in [5.74, 6) is 1.31. The van der Waals surface area contributed by atoms with Gasteiger partial charge < -0.3 is 19.9 Å². The van der Waals surface area contributed by atoms with Gasteiger partial charge in [-0.15, -0.1) is 0 Å². The summed E-state index contributed by atoms with van der Waals surface area (Å²) in [5.41, 5.74) is 5.17. The summed E-state index contributed by atoms with van der Waals surface area (Å²) in [6, 6.07) is 14.6. The van der Waals surface area contributed by atoms with Crippen molar-refractivity contribution in [3.8, 4) is 5.75 Å². The first kappa shape index (κ1) is 18.7. The molecule has 2 aromatic rings. The summed E-state index contributed by atoms with van der Waals surface area (Å²) in [6.45, 7) is 8.90. The summed E-state index contributed by atoms with van der Waals surface area (Å²) in [5, 5.41) is 3.12. The molecule has 0 spiro atoms. The molecule has 1 fully saturated rings. The maximum Gasteiger partial charge on any atom is 0.317 e. The Bertz CT molecular complexity index is 843. The number of para-hydroxylation sites is 1. The minimum absolute atomic E-state index is 0.0412. The number of anilines is 1. The predicted octanol–water partition coefficient (Wildman–Crippen LogP) is 3.39. The number of rotatable bonds is 3. The molecular weight excluding hydrogens is 350 g/mol. The Morgan fingerprint density at radius 1 is 1.07 bits per heavy atom. The van der Waals surface area contributed by atoms with Crippen molar-refractivity contribution in [1.29, 1.82) is 0 Å². The Morgan fingerprint density at radius 3 is 2.68 bits per heavy atom. The monoisotopic (exact) mass is 379 g/mol. The minimum atomic E-state index is 0.0412. The van der Waals surface area contributed by atoms with E-state index in [1.54, 1.807) is 0 Å². The Balaban J connectivity index is 1.26. The molecule has 2 heterocycles. The average Bonchev–Trinajstić information content (AvgIpc) is 2.74. The topological polar surface area (TPSA) is 44.8 Å². The number of fused-ring (bicyclic) bond motifs is 1. The van der Waals surface area contributed by atoms with Crippen LogP contribution in [0.5, 0.6) is 5.75 Å². The molecule has 2 aliphatic heterocycles. The molecule has 28 heavy (non-hydrogen) atoms. The maximum absolute atomic E-state index is 12.6. The molecule has 4 rings (SSSR count). The number of hydrogen-bond donors (Lipinski definition) is 1. The Morgan fingerprint density at radius 2 is 1.86 bits per heavy atom. The zero-order chi connectivity index (χ0) is 19.5. The molecule has 0 aromatic heterocycles. The van der Waals surface area contributed by atoms with E-state index in [4.69, 9.17) is 4.74 Å². The molecule has 1 N–H and O–H groups in total. The van der Waals surface area contributed by atoms with Crippen molar-refractivity contribution in [3.05, 3.63) is 59.2 Å². The van der Waals surface area contributed by atoms with E-state index >= 15 is 0 Å². The molecule has 2 aliphatic rings. The number of nitrogens with zero attached hydrogens (tertiary/aromatic N) is 2. The van der Waals surface area contributed by atoms with Crippen molar-refractivity contribution in [2.45, 2.75) is 20.3 Å². The van der Waals surface area contributed by atoms with Crippen molar-refractivity contribution in [1.82, 2.24) is 10.2 Å². The number of hydrogen-bond acceptors (Lipinski definition) is 3. The second kappa shape index (κ2) is 8.13. The fourth-order valence-electron chi connectivity index (χ4n) is 4.09. The Labute approximate surface area is 167 Å². The largest absolute Gasteiger partial charge is 0.493 e. The fraction of sp³-hybridized carbons (Fsp3) is 0.435. The second-order valence-electron chi connectivity index (χ2n) is 7.87. The Kier molecular flexibility index (Phi) is 5.42. The van der Waals surface area contributed by atoms with E-state index in [2.05, 4.69) is 48.3 Å². The highest BCUT2D eigenvalue weighted by Gasteiger charge is 2.24. The number of carbonyl (C=O) groups is 1. The highest BCUT2D eigenvalue weighted by atomic mass is 16.5. The van der Waals surface area contributed by atoms with E-state index in [1.807, 2.05) is 23.1 Å². The van der Waals surface area contributed by atoms with Crippen molar-refractivity contribution in [2.24, 2.45) is 5.92 Å². The molecule has 1 saturated heterocycles. The van der Waals surface area contributed by atoms with Gasteiger partial charge in [0.2, 0.25) is 0 Å². The van der Waals surface area contributed by atoms with Crippen LogP contribution in [-0.2, 0) is 6.42 Å². The summed E-state index contributed by atoms with van der Waals surface area (Å²) in [7, 11) is 0. The molecule has 0 saturated carbocycles. The molecule has 5 nitrogen and oxygen atoms in total. The highest BCUT2D eigenvalue weighted by Crippen LogP contribution is 2.27. The van der Waals surface area contributed by atoms with Crippen molar-refractivity contribution in [2.75, 3.05) is 44.2 Å². The standard InChI is InChI=1S/C23H29N3O2/c1-17-6-5-8-21(18(17)2)25-10-12-26(13-11-25)23(27)24-15-19-14-20-7-3-4-9-22(20)28-16-19/h3-9,19H,10-16H2,1-2H3,(H,24,27). The Hall–Kier alpha value is -2.69. The number of benzene rings is 2. The third-order valence-corrected chi connectivity index (χ3v) is 5.98. The first-order chi connectivity index (χ1) is 13.6. The van der Waals surface area contributed by atoms with E-state index in [0.29, 0.717) is 19.1 Å². The van der Waals surface area contributed by atoms with Crippen LogP contribution in [0.1, 0.15) is 16.7 Å². The third-order valence-electron chi connectivity index (χ3n) is 5.98. The highest BCUT2D eigenvalue weighted by molar-refractivity contribution is 5.74. The summed E-state index contributed by atoms with van der Waals surface area (Å²) in [6.07, 6.45) is 0.955. The van der Waals surface area contributed by atoms with Crippen LogP contribution in [0.25, 0.3) is 0 Å². The molecule has 0 aliphatic carbocycles. The van der Waals surface area contributed by atoms with Gasteiger partial charge in [-0.3, -0.25) is 0 Å². The van der Waals surface area contributed by atoms with Gasteiger partial charge in [0.1, 0.15) is 5.75 Å². The van der Waals surface area contributed by atoms with Crippen LogP contribution in [0.4, 0.5) is 10.5 Å². The third kappa shape index (κ3) is 3.93. The number of urea groups is 1. The number of carbonyl (C=O) groups excluding carboxylic acids is 1. The first-order valence-electron chi connectivity index (χ1n) is 10.2. The lowest BCUT2D eigenvalue weighted by Crippen LogP contribution is -2.52. The number of ether oxygens (including phenoxy) is 1. The average molecular weight is 380 g/mol. The number of piperazine rings is 1. The van der Waals surface area contributed by atoms with E-state index in [-0.39, 0.29) is 6.03 Å². The van der Waals surface area contributed by atoms with Crippen molar-refractivity contribution < 1.29 is 9.53 Å². The van der Waals surface area contributed by atoms with Crippen LogP contribution in [0.15, 0.2) is 42.5 Å². The minimum Gasteiger partial charge on any atom is -0.493 e. The van der Waals surface area contributed by atoms with Crippen LogP contribution in [0, 0.1) is 19.8 Å². The molecule has 2 amide bonds. The predicted molar refractivity (Wildman–Crippen MR) is 112 cm³/mol. The molecule has 0 bridgehead atoms. The van der Waals surface area contributed by atoms with Crippen molar-refractivity contribution in [3.63, 3.8) is 0 Å². The number of nitrogens with one attached hydrogen (secondary N) is 1. The van der Waals surface area contributed by atoms with Gasteiger partial charge in [0.25, 0.3) is 0 Å². The smallest absolute Gasteiger partial charge is 0.317 e. The van der Waals surface area contributed by atoms with E-state index in [9.17, 15) is 4.79 Å². The van der Waals surface area contributed by atoms with Gasteiger partial charge in [-0.1, -0.05) is 30.3 Å². The van der Waals surface area contributed by atoms with Gasteiger partial charge in [-0.25, -0.2) is 4.79 Å². The molecule has 5 heteroatoms.